The van der Waals surface area contributed by atoms with E-state index in [9.17, 15) is 10.2 Å². The van der Waals surface area contributed by atoms with Crippen molar-refractivity contribution in [2.75, 3.05) is 6.61 Å². The number of ether oxygens (including phenoxy) is 1. The molecule has 0 radical (unpaired) electrons. The molecule has 0 amide bonds. The Labute approximate surface area is 115 Å². The van der Waals surface area contributed by atoms with E-state index in [4.69, 9.17) is 4.74 Å². The standard InChI is InChI=1S/C16H24O3/c1-4-5-6-9-19-16-11-13(17)10-15(18)14(16)8-7-12(2)3/h10-11,17-18H,2,4-9H2,1,3H3. The predicted molar refractivity (Wildman–Crippen MR) is 77.9 cm³/mol. The Morgan fingerprint density at radius 2 is 2.00 bits per heavy atom. The van der Waals surface area contributed by atoms with E-state index in [-0.39, 0.29) is 11.5 Å². The second-order valence-corrected chi connectivity index (χ2v) is 4.95. The maximum atomic E-state index is 9.92. The Bertz CT molecular complexity index is 424. The molecule has 106 valence electrons. The van der Waals surface area contributed by atoms with Gasteiger partial charge >= 0.3 is 0 Å². The average Bonchev–Trinajstić information content (AvgIpc) is 2.33. The Morgan fingerprint density at radius 3 is 2.63 bits per heavy atom. The van der Waals surface area contributed by atoms with Crippen molar-refractivity contribution in [1.29, 1.82) is 0 Å². The van der Waals surface area contributed by atoms with Crippen LogP contribution >= 0.6 is 0 Å². The van der Waals surface area contributed by atoms with Crippen LogP contribution in [0.25, 0.3) is 0 Å². The van der Waals surface area contributed by atoms with Gasteiger partial charge in [0.25, 0.3) is 0 Å². The van der Waals surface area contributed by atoms with Crippen LogP contribution in [0.1, 0.15) is 45.1 Å². The molecule has 0 saturated heterocycles. The van der Waals surface area contributed by atoms with E-state index >= 15 is 0 Å². The van der Waals surface area contributed by atoms with Crippen LogP contribution in [0.4, 0.5) is 0 Å². The fourth-order valence-electron chi connectivity index (χ4n) is 1.87. The number of hydrogen-bond acceptors (Lipinski definition) is 3. The maximum absolute atomic E-state index is 9.92. The van der Waals surface area contributed by atoms with Crippen molar-refractivity contribution in [3.8, 4) is 17.2 Å². The number of phenols is 2. The number of hydrogen-bond donors (Lipinski definition) is 2. The first kappa shape index (κ1) is 15.4. The fourth-order valence-corrected chi connectivity index (χ4v) is 1.87. The minimum Gasteiger partial charge on any atom is -0.508 e. The van der Waals surface area contributed by atoms with Gasteiger partial charge in [-0.05, 0) is 26.2 Å². The highest BCUT2D eigenvalue weighted by molar-refractivity contribution is 5.49. The molecule has 0 saturated carbocycles. The molecule has 0 heterocycles. The lowest BCUT2D eigenvalue weighted by atomic mass is 10.0. The van der Waals surface area contributed by atoms with E-state index in [0.717, 1.165) is 36.8 Å². The third-order valence-corrected chi connectivity index (χ3v) is 2.98. The van der Waals surface area contributed by atoms with Crippen LogP contribution in [-0.4, -0.2) is 16.8 Å². The monoisotopic (exact) mass is 264 g/mol. The van der Waals surface area contributed by atoms with Gasteiger partial charge in [-0.1, -0.05) is 25.3 Å². The summed E-state index contributed by atoms with van der Waals surface area (Å²) in [6, 6.07) is 2.92. The van der Waals surface area contributed by atoms with Crippen molar-refractivity contribution < 1.29 is 14.9 Å². The molecule has 2 N–H and O–H groups in total. The first-order chi connectivity index (χ1) is 9.04. The van der Waals surface area contributed by atoms with Crippen molar-refractivity contribution in [3.05, 3.63) is 29.8 Å². The molecule has 3 nitrogen and oxygen atoms in total. The number of benzene rings is 1. The second-order valence-electron chi connectivity index (χ2n) is 4.95. The maximum Gasteiger partial charge on any atom is 0.129 e. The molecule has 0 aliphatic rings. The van der Waals surface area contributed by atoms with Gasteiger partial charge in [0.15, 0.2) is 0 Å². The van der Waals surface area contributed by atoms with Gasteiger partial charge in [0.05, 0.1) is 6.61 Å². The lowest BCUT2D eigenvalue weighted by molar-refractivity contribution is 0.299. The molecule has 1 aromatic rings. The number of unbranched alkanes of at least 4 members (excludes halogenated alkanes) is 2. The van der Waals surface area contributed by atoms with Gasteiger partial charge < -0.3 is 14.9 Å². The van der Waals surface area contributed by atoms with Crippen molar-refractivity contribution in [2.24, 2.45) is 0 Å². The zero-order valence-corrected chi connectivity index (χ0v) is 11.9. The lowest BCUT2D eigenvalue weighted by Crippen LogP contribution is -2.01. The van der Waals surface area contributed by atoms with Crippen LogP contribution in [-0.2, 0) is 6.42 Å². The Hall–Kier alpha value is -1.64. The summed E-state index contributed by atoms with van der Waals surface area (Å²) in [6.45, 7) is 8.56. The normalized spacial score (nSPS) is 10.4. The zero-order valence-electron chi connectivity index (χ0n) is 11.9. The van der Waals surface area contributed by atoms with Crippen LogP contribution in [0, 0.1) is 0 Å². The summed E-state index contributed by atoms with van der Waals surface area (Å²) < 4.78 is 5.68. The summed E-state index contributed by atoms with van der Waals surface area (Å²) in [7, 11) is 0. The highest BCUT2D eigenvalue weighted by atomic mass is 16.5. The van der Waals surface area contributed by atoms with Gasteiger partial charge in [-0.25, -0.2) is 0 Å². The third kappa shape index (κ3) is 5.25. The molecule has 1 aromatic carbocycles. The molecule has 0 fully saturated rings. The first-order valence-electron chi connectivity index (χ1n) is 6.86. The first-order valence-corrected chi connectivity index (χ1v) is 6.86. The summed E-state index contributed by atoms with van der Waals surface area (Å²) in [5, 5.41) is 19.5. The summed E-state index contributed by atoms with van der Waals surface area (Å²) in [4.78, 5) is 0. The van der Waals surface area contributed by atoms with Crippen LogP contribution in [0.15, 0.2) is 24.3 Å². The van der Waals surface area contributed by atoms with Gasteiger partial charge in [-0.3, -0.25) is 0 Å². The van der Waals surface area contributed by atoms with E-state index in [0.29, 0.717) is 18.8 Å². The summed E-state index contributed by atoms with van der Waals surface area (Å²) in [5.74, 6) is 0.698. The largest absolute Gasteiger partial charge is 0.508 e. The Morgan fingerprint density at radius 1 is 1.26 bits per heavy atom. The molecule has 0 atom stereocenters. The fraction of sp³-hybridized carbons (Fsp3) is 0.500. The molecule has 3 heteroatoms. The average molecular weight is 264 g/mol. The van der Waals surface area contributed by atoms with E-state index in [1.165, 1.54) is 6.07 Å². The predicted octanol–water partition coefficient (Wildman–Crippen LogP) is 4.18. The second kappa shape index (κ2) is 7.72. The van der Waals surface area contributed by atoms with E-state index in [1.807, 2.05) is 6.92 Å². The van der Waals surface area contributed by atoms with Crippen LogP contribution in [0.5, 0.6) is 17.2 Å². The van der Waals surface area contributed by atoms with Gasteiger partial charge in [-0.2, -0.15) is 0 Å². The minimum absolute atomic E-state index is 0.0297. The molecule has 0 spiro atoms. The number of aromatic hydroxyl groups is 2. The van der Waals surface area contributed by atoms with Crippen LogP contribution < -0.4 is 4.74 Å². The van der Waals surface area contributed by atoms with Gasteiger partial charge in [0.1, 0.15) is 17.2 Å². The lowest BCUT2D eigenvalue weighted by Gasteiger charge is -2.13. The van der Waals surface area contributed by atoms with Crippen LogP contribution in [0.3, 0.4) is 0 Å². The number of allylic oxidation sites excluding steroid dienone is 1. The third-order valence-electron chi connectivity index (χ3n) is 2.98. The minimum atomic E-state index is 0.0297. The summed E-state index contributed by atoms with van der Waals surface area (Å²) in [5.41, 5.74) is 1.81. The van der Waals surface area contributed by atoms with Crippen molar-refractivity contribution in [3.63, 3.8) is 0 Å². The molecule has 0 aliphatic heterocycles. The van der Waals surface area contributed by atoms with Crippen LogP contribution in [0.2, 0.25) is 0 Å². The highest BCUT2D eigenvalue weighted by Gasteiger charge is 2.11. The molecule has 0 unspecified atom stereocenters. The van der Waals surface area contributed by atoms with Gasteiger partial charge in [0, 0.05) is 17.7 Å². The SMILES string of the molecule is C=C(C)CCc1c(O)cc(O)cc1OCCCCC. The number of phenolic OH excluding ortho intramolecular Hbond substituents is 2. The molecule has 0 aromatic heterocycles. The number of rotatable bonds is 8. The molecular formula is C16H24O3. The van der Waals surface area contributed by atoms with Gasteiger partial charge in [-0.15, -0.1) is 6.58 Å². The smallest absolute Gasteiger partial charge is 0.129 e. The van der Waals surface area contributed by atoms with E-state index < -0.39 is 0 Å². The molecule has 1 rings (SSSR count). The molecule has 0 aliphatic carbocycles. The Kier molecular flexibility index (Phi) is 6.26. The van der Waals surface area contributed by atoms with Crippen molar-refractivity contribution in [1.82, 2.24) is 0 Å². The van der Waals surface area contributed by atoms with Gasteiger partial charge in [0.2, 0.25) is 0 Å². The molecule has 19 heavy (non-hydrogen) atoms. The summed E-state index contributed by atoms with van der Waals surface area (Å²) in [6.07, 6.45) is 4.70. The highest BCUT2D eigenvalue weighted by Crippen LogP contribution is 2.34. The van der Waals surface area contributed by atoms with Crippen molar-refractivity contribution in [2.45, 2.75) is 46.0 Å². The Balaban J connectivity index is 2.77. The zero-order chi connectivity index (χ0) is 14.3. The van der Waals surface area contributed by atoms with E-state index in [2.05, 4.69) is 13.5 Å². The van der Waals surface area contributed by atoms with E-state index in [1.54, 1.807) is 6.07 Å². The van der Waals surface area contributed by atoms with Crippen molar-refractivity contribution >= 4 is 0 Å². The molecule has 0 bridgehead atoms. The quantitative estimate of drug-likeness (QED) is 0.547. The molecular weight excluding hydrogens is 240 g/mol. The topological polar surface area (TPSA) is 49.7 Å². The summed E-state index contributed by atoms with van der Waals surface area (Å²) >= 11 is 0.